The second-order valence-electron chi connectivity index (χ2n) is 7.46. The second kappa shape index (κ2) is 5.64. The van der Waals surface area contributed by atoms with Crippen molar-refractivity contribution in [3.8, 4) is 0 Å². The predicted octanol–water partition coefficient (Wildman–Crippen LogP) is 2.65. The number of hydrogen-bond donors (Lipinski definition) is 0. The lowest BCUT2D eigenvalue weighted by Crippen LogP contribution is -2.41. The number of ether oxygens (including phenoxy) is 1. The van der Waals surface area contributed by atoms with Gasteiger partial charge in [0.2, 0.25) is 0 Å². The Balaban J connectivity index is 1.74. The van der Waals surface area contributed by atoms with Gasteiger partial charge in [0.25, 0.3) is 0 Å². The first kappa shape index (κ1) is 16.5. The monoisotopic (exact) mass is 316 g/mol. The van der Waals surface area contributed by atoms with Gasteiger partial charge in [0.1, 0.15) is 0 Å². The van der Waals surface area contributed by atoms with Crippen molar-refractivity contribution in [3.63, 3.8) is 0 Å². The first-order chi connectivity index (χ1) is 10.7. The Morgan fingerprint density at radius 1 is 1.26 bits per heavy atom. The Hall–Kier alpha value is -1.33. The first-order valence-corrected chi connectivity index (χ1v) is 8.37. The van der Waals surface area contributed by atoms with E-state index in [0.717, 1.165) is 17.4 Å². The van der Waals surface area contributed by atoms with Gasteiger partial charge in [-0.1, -0.05) is 24.3 Å². The molecule has 1 aromatic carbocycles. The van der Waals surface area contributed by atoms with Gasteiger partial charge in [0.05, 0.1) is 23.7 Å². The van der Waals surface area contributed by atoms with Crippen LogP contribution in [-0.4, -0.2) is 30.9 Å². The highest BCUT2D eigenvalue weighted by atomic mass is 16.7. The highest BCUT2D eigenvalue weighted by Crippen LogP contribution is 2.48. The molecule has 4 nitrogen and oxygen atoms in total. The maximum absolute atomic E-state index is 11.8. The molecule has 1 unspecified atom stereocenters. The minimum atomic E-state index is -0.361. The Kier molecular flexibility index (Phi) is 4.05. The number of esters is 1. The van der Waals surface area contributed by atoms with E-state index in [2.05, 4.69) is 39.8 Å². The van der Waals surface area contributed by atoms with E-state index in [-0.39, 0.29) is 36.1 Å². The van der Waals surface area contributed by atoms with Gasteiger partial charge in [-0.2, -0.15) is 0 Å². The molecule has 1 aliphatic carbocycles. The summed E-state index contributed by atoms with van der Waals surface area (Å²) in [5, 5.41) is 0. The van der Waals surface area contributed by atoms with Crippen LogP contribution in [0.2, 0.25) is 0 Å². The van der Waals surface area contributed by atoms with Crippen molar-refractivity contribution in [2.45, 2.75) is 58.2 Å². The molecule has 5 heteroatoms. The summed E-state index contributed by atoms with van der Waals surface area (Å²) in [6.07, 6.45) is 0.867. The molecule has 0 bridgehead atoms. The molecule has 2 fully saturated rings. The van der Waals surface area contributed by atoms with Crippen LogP contribution in [0.4, 0.5) is 0 Å². The van der Waals surface area contributed by atoms with E-state index in [1.165, 1.54) is 0 Å². The van der Waals surface area contributed by atoms with Crippen molar-refractivity contribution < 1.29 is 18.8 Å². The standard InChI is InChI=1S/C18H25BO4/c1-6-21-16(20)15-11-14(15)12-8-7-9-13(10-12)19-22-17(2,3)18(4,5)23-19/h7-10,14-15H,6,11H2,1-5H3/t14-,15?/m1/s1. The third-order valence-electron chi connectivity index (χ3n) is 5.24. The molecule has 124 valence electrons. The van der Waals surface area contributed by atoms with Crippen LogP contribution < -0.4 is 5.46 Å². The zero-order valence-corrected chi connectivity index (χ0v) is 14.6. The van der Waals surface area contributed by atoms with Crippen molar-refractivity contribution in [1.82, 2.24) is 0 Å². The van der Waals surface area contributed by atoms with Crippen LogP contribution in [0.15, 0.2) is 24.3 Å². The molecular formula is C18H25BO4. The maximum Gasteiger partial charge on any atom is 0.494 e. The Morgan fingerprint density at radius 2 is 1.91 bits per heavy atom. The number of hydrogen-bond acceptors (Lipinski definition) is 4. The SMILES string of the molecule is CCOC(=O)C1C[C@@H]1c1cccc(B2OC(C)(C)C(C)(C)O2)c1. The Morgan fingerprint density at radius 3 is 2.52 bits per heavy atom. The molecule has 0 aromatic heterocycles. The summed E-state index contributed by atoms with van der Waals surface area (Å²) in [6, 6.07) is 8.20. The van der Waals surface area contributed by atoms with Crippen LogP contribution in [0.3, 0.4) is 0 Å². The highest BCUT2D eigenvalue weighted by Gasteiger charge is 2.52. The van der Waals surface area contributed by atoms with Gasteiger partial charge in [-0.05, 0) is 58.0 Å². The maximum atomic E-state index is 11.8. The van der Waals surface area contributed by atoms with Gasteiger partial charge < -0.3 is 14.0 Å². The molecular weight excluding hydrogens is 291 g/mol. The van der Waals surface area contributed by atoms with Crippen molar-refractivity contribution in [2.75, 3.05) is 6.61 Å². The summed E-state index contributed by atoms with van der Waals surface area (Å²) >= 11 is 0. The molecule has 1 aromatic rings. The van der Waals surface area contributed by atoms with Crippen LogP contribution in [0.1, 0.15) is 52.5 Å². The van der Waals surface area contributed by atoms with E-state index in [1.807, 2.05) is 19.1 Å². The summed E-state index contributed by atoms with van der Waals surface area (Å²) in [5.74, 6) is 0.179. The molecule has 0 radical (unpaired) electrons. The Bertz CT molecular complexity index is 595. The average Bonchev–Trinajstić information content (AvgIpc) is 3.23. The van der Waals surface area contributed by atoms with E-state index in [4.69, 9.17) is 14.0 Å². The zero-order chi connectivity index (χ0) is 16.8. The van der Waals surface area contributed by atoms with E-state index < -0.39 is 0 Å². The summed E-state index contributed by atoms with van der Waals surface area (Å²) in [5.41, 5.74) is 1.48. The van der Waals surface area contributed by atoms with Gasteiger partial charge in [-0.15, -0.1) is 0 Å². The number of benzene rings is 1. The number of rotatable bonds is 4. The highest BCUT2D eigenvalue weighted by molar-refractivity contribution is 6.62. The molecule has 2 aliphatic rings. The van der Waals surface area contributed by atoms with Crippen LogP contribution in [0.5, 0.6) is 0 Å². The zero-order valence-electron chi connectivity index (χ0n) is 14.6. The van der Waals surface area contributed by atoms with Gasteiger partial charge in [0.15, 0.2) is 0 Å². The molecule has 2 atom stereocenters. The van der Waals surface area contributed by atoms with Gasteiger partial charge in [-0.3, -0.25) is 4.79 Å². The number of carbonyl (C=O) groups excluding carboxylic acids is 1. The molecule has 0 amide bonds. The molecule has 0 N–H and O–H groups in total. The summed E-state index contributed by atoms with van der Waals surface area (Å²) in [6.45, 7) is 10.5. The van der Waals surface area contributed by atoms with Gasteiger partial charge >= 0.3 is 13.1 Å². The van der Waals surface area contributed by atoms with Crippen molar-refractivity contribution >= 4 is 18.6 Å². The third-order valence-corrected chi connectivity index (χ3v) is 5.24. The Labute approximate surface area is 138 Å². The molecule has 1 heterocycles. The van der Waals surface area contributed by atoms with E-state index >= 15 is 0 Å². The lowest BCUT2D eigenvalue weighted by molar-refractivity contribution is -0.144. The topological polar surface area (TPSA) is 44.8 Å². The fourth-order valence-corrected chi connectivity index (χ4v) is 2.99. The largest absolute Gasteiger partial charge is 0.494 e. The first-order valence-electron chi connectivity index (χ1n) is 8.37. The van der Waals surface area contributed by atoms with E-state index in [9.17, 15) is 4.79 Å². The molecule has 1 saturated heterocycles. The third kappa shape index (κ3) is 3.04. The van der Waals surface area contributed by atoms with Crippen LogP contribution in [-0.2, 0) is 18.8 Å². The quantitative estimate of drug-likeness (QED) is 0.633. The predicted molar refractivity (Wildman–Crippen MR) is 89.6 cm³/mol. The second-order valence-corrected chi connectivity index (χ2v) is 7.46. The van der Waals surface area contributed by atoms with Crippen molar-refractivity contribution in [2.24, 2.45) is 5.92 Å². The van der Waals surface area contributed by atoms with E-state index in [0.29, 0.717) is 6.61 Å². The molecule has 3 rings (SSSR count). The van der Waals surface area contributed by atoms with Crippen LogP contribution >= 0.6 is 0 Å². The minimum absolute atomic E-state index is 0.00324. The average molecular weight is 316 g/mol. The smallest absolute Gasteiger partial charge is 0.466 e. The van der Waals surface area contributed by atoms with Crippen molar-refractivity contribution in [1.29, 1.82) is 0 Å². The normalized spacial score (nSPS) is 27.8. The van der Waals surface area contributed by atoms with Crippen molar-refractivity contribution in [3.05, 3.63) is 29.8 Å². The fourth-order valence-electron chi connectivity index (χ4n) is 2.99. The molecule has 1 saturated carbocycles. The van der Waals surface area contributed by atoms with Gasteiger partial charge in [-0.25, -0.2) is 0 Å². The number of carbonyl (C=O) groups is 1. The lowest BCUT2D eigenvalue weighted by atomic mass is 9.78. The minimum Gasteiger partial charge on any atom is -0.466 e. The molecule has 23 heavy (non-hydrogen) atoms. The molecule has 0 spiro atoms. The van der Waals surface area contributed by atoms with Crippen LogP contribution in [0, 0.1) is 5.92 Å². The van der Waals surface area contributed by atoms with Crippen LogP contribution in [0.25, 0.3) is 0 Å². The summed E-state index contributed by atoms with van der Waals surface area (Å²) in [7, 11) is -0.361. The van der Waals surface area contributed by atoms with E-state index in [1.54, 1.807) is 0 Å². The summed E-state index contributed by atoms with van der Waals surface area (Å²) < 4.78 is 17.3. The summed E-state index contributed by atoms with van der Waals surface area (Å²) in [4.78, 5) is 11.8. The lowest BCUT2D eigenvalue weighted by Gasteiger charge is -2.32. The molecule has 1 aliphatic heterocycles. The fraction of sp³-hybridized carbons (Fsp3) is 0.611. The van der Waals surface area contributed by atoms with Gasteiger partial charge in [0, 0.05) is 0 Å².